The average Bonchev–Trinajstić information content (AvgIpc) is 3.12. The third-order valence-electron chi connectivity index (χ3n) is 7.15. The summed E-state index contributed by atoms with van der Waals surface area (Å²) in [4.78, 5) is 7.86. The number of ether oxygens (including phenoxy) is 2. The standard InChI is InChI=1S/C24H25FN2O4/c25-17-9-19-18(8-16(26-19)7-14-10-30-23-20(29)11-31-22(14)23)27-21(17)13-1-3-15(4-2-13)24(12-28)5-6-24/h1-4,8-9,14,20,22-23,26,28-29H,5-7,10-12H2/t14-,20-,22-,23-/m1/s1. The van der Waals surface area contributed by atoms with Crippen LogP contribution in [0.5, 0.6) is 0 Å². The Labute approximate surface area is 179 Å². The highest BCUT2D eigenvalue weighted by Gasteiger charge is 2.47. The van der Waals surface area contributed by atoms with Gasteiger partial charge in [-0.2, -0.15) is 0 Å². The van der Waals surface area contributed by atoms with Gasteiger partial charge < -0.3 is 24.7 Å². The molecule has 0 amide bonds. The first-order chi connectivity index (χ1) is 15.1. The molecule has 6 rings (SSSR count). The third-order valence-corrected chi connectivity index (χ3v) is 7.15. The Bertz CT molecular complexity index is 1120. The Morgan fingerprint density at radius 3 is 2.61 bits per heavy atom. The number of fused-ring (bicyclic) bond motifs is 2. The predicted octanol–water partition coefficient (Wildman–Crippen LogP) is 2.71. The van der Waals surface area contributed by atoms with Crippen molar-refractivity contribution in [1.29, 1.82) is 0 Å². The van der Waals surface area contributed by atoms with Crippen LogP contribution in [0.4, 0.5) is 4.39 Å². The summed E-state index contributed by atoms with van der Waals surface area (Å²) in [5, 5.41) is 19.5. The Morgan fingerprint density at radius 1 is 1.10 bits per heavy atom. The van der Waals surface area contributed by atoms with Crippen LogP contribution >= 0.6 is 0 Å². The zero-order valence-electron chi connectivity index (χ0n) is 17.1. The number of halogens is 1. The van der Waals surface area contributed by atoms with Crippen molar-refractivity contribution in [3.63, 3.8) is 0 Å². The van der Waals surface area contributed by atoms with Gasteiger partial charge in [-0.3, -0.25) is 0 Å². The summed E-state index contributed by atoms with van der Waals surface area (Å²) in [6.45, 7) is 0.998. The second kappa shape index (κ2) is 7.10. The van der Waals surface area contributed by atoms with Crippen molar-refractivity contribution in [1.82, 2.24) is 9.97 Å². The summed E-state index contributed by atoms with van der Waals surface area (Å²) in [6.07, 6.45) is 1.76. The number of aliphatic hydroxyl groups excluding tert-OH is 2. The summed E-state index contributed by atoms with van der Waals surface area (Å²) < 4.78 is 26.3. The van der Waals surface area contributed by atoms with Gasteiger partial charge in [0.1, 0.15) is 17.9 Å². The van der Waals surface area contributed by atoms with E-state index in [0.717, 1.165) is 29.7 Å². The van der Waals surface area contributed by atoms with Gasteiger partial charge in [0.2, 0.25) is 0 Å². The maximum absolute atomic E-state index is 14.9. The molecule has 1 aromatic carbocycles. The molecule has 162 valence electrons. The molecule has 4 heterocycles. The van der Waals surface area contributed by atoms with Crippen molar-refractivity contribution < 1.29 is 24.1 Å². The minimum absolute atomic E-state index is 0.103. The second-order valence-corrected chi connectivity index (χ2v) is 9.19. The first-order valence-corrected chi connectivity index (χ1v) is 10.9. The minimum Gasteiger partial charge on any atom is -0.395 e. The number of nitrogens with one attached hydrogen (secondary N) is 1. The van der Waals surface area contributed by atoms with Crippen molar-refractivity contribution in [2.45, 2.75) is 43.0 Å². The molecule has 0 bridgehead atoms. The molecule has 2 aromatic heterocycles. The molecular formula is C24H25FN2O4. The van der Waals surface area contributed by atoms with Gasteiger partial charge in [-0.15, -0.1) is 0 Å². The Balaban J connectivity index is 1.26. The minimum atomic E-state index is -0.561. The Kier molecular flexibility index (Phi) is 4.44. The fourth-order valence-corrected chi connectivity index (χ4v) is 5.09. The van der Waals surface area contributed by atoms with E-state index in [1.165, 1.54) is 6.07 Å². The molecular weight excluding hydrogens is 399 g/mol. The average molecular weight is 424 g/mol. The van der Waals surface area contributed by atoms with Crippen molar-refractivity contribution >= 4 is 11.0 Å². The fourth-order valence-electron chi connectivity index (χ4n) is 5.09. The predicted molar refractivity (Wildman–Crippen MR) is 112 cm³/mol. The van der Waals surface area contributed by atoms with Crippen LogP contribution in [0.3, 0.4) is 0 Å². The molecule has 31 heavy (non-hydrogen) atoms. The highest BCUT2D eigenvalue weighted by atomic mass is 19.1. The molecule has 3 aliphatic rings. The van der Waals surface area contributed by atoms with E-state index in [9.17, 15) is 14.6 Å². The van der Waals surface area contributed by atoms with Crippen LogP contribution in [0, 0.1) is 11.7 Å². The summed E-state index contributed by atoms with van der Waals surface area (Å²) in [5.41, 5.74) is 4.37. The Hall–Kier alpha value is -2.32. The first kappa shape index (κ1) is 19.4. The van der Waals surface area contributed by atoms with Gasteiger partial charge in [-0.25, -0.2) is 9.37 Å². The third kappa shape index (κ3) is 3.19. The van der Waals surface area contributed by atoms with E-state index in [1.54, 1.807) is 0 Å². The first-order valence-electron chi connectivity index (χ1n) is 10.9. The molecule has 6 nitrogen and oxygen atoms in total. The van der Waals surface area contributed by atoms with Crippen molar-refractivity contribution in [2.24, 2.45) is 5.92 Å². The summed E-state index contributed by atoms with van der Waals surface area (Å²) in [6, 6.07) is 11.2. The van der Waals surface area contributed by atoms with E-state index in [0.29, 0.717) is 36.4 Å². The molecule has 3 N–H and O–H groups in total. The second-order valence-electron chi connectivity index (χ2n) is 9.19. The number of H-pyrrole nitrogens is 1. The van der Waals surface area contributed by atoms with Crippen molar-refractivity contribution in [3.05, 3.63) is 53.5 Å². The number of benzene rings is 1. The highest BCUT2D eigenvalue weighted by Crippen LogP contribution is 2.47. The molecule has 0 radical (unpaired) electrons. The van der Waals surface area contributed by atoms with Gasteiger partial charge in [0.25, 0.3) is 0 Å². The topological polar surface area (TPSA) is 87.6 Å². The van der Waals surface area contributed by atoms with E-state index in [-0.39, 0.29) is 36.0 Å². The summed E-state index contributed by atoms with van der Waals surface area (Å²) in [5.74, 6) is -0.225. The monoisotopic (exact) mass is 424 g/mol. The van der Waals surface area contributed by atoms with E-state index in [2.05, 4.69) is 9.97 Å². The van der Waals surface area contributed by atoms with E-state index >= 15 is 0 Å². The molecule has 3 aromatic rings. The smallest absolute Gasteiger partial charge is 0.151 e. The number of rotatable bonds is 5. The van der Waals surface area contributed by atoms with Gasteiger partial charge in [0.05, 0.1) is 37.0 Å². The molecule has 7 heteroatoms. The number of hydrogen-bond acceptors (Lipinski definition) is 5. The molecule has 2 saturated heterocycles. The van der Waals surface area contributed by atoms with Crippen LogP contribution in [0.25, 0.3) is 22.3 Å². The molecule has 1 saturated carbocycles. The highest BCUT2D eigenvalue weighted by molar-refractivity contribution is 5.80. The number of nitrogens with zero attached hydrogens (tertiary/aromatic N) is 1. The van der Waals surface area contributed by atoms with Gasteiger partial charge in [-0.1, -0.05) is 24.3 Å². The molecule has 3 fully saturated rings. The summed E-state index contributed by atoms with van der Waals surface area (Å²) in [7, 11) is 0. The lowest BCUT2D eigenvalue weighted by Gasteiger charge is -2.14. The lowest BCUT2D eigenvalue weighted by molar-refractivity contribution is 0.0169. The van der Waals surface area contributed by atoms with Crippen LogP contribution in [-0.4, -0.2) is 58.3 Å². The van der Waals surface area contributed by atoms with Crippen LogP contribution in [0.15, 0.2) is 36.4 Å². The lowest BCUT2D eigenvalue weighted by atomic mass is 9.95. The SMILES string of the molecule is OCC1(c2ccc(-c3nc4cc(C[C@@H]5CO[C@H]6[C@@H]5OC[C@H]6O)[nH]c4cc3F)cc2)CC1. The number of pyridine rings is 1. The van der Waals surface area contributed by atoms with Gasteiger partial charge >= 0.3 is 0 Å². The molecule has 2 aliphatic heterocycles. The lowest BCUT2D eigenvalue weighted by Crippen LogP contribution is -2.29. The van der Waals surface area contributed by atoms with Crippen LogP contribution in [0.2, 0.25) is 0 Å². The van der Waals surface area contributed by atoms with Crippen molar-refractivity contribution in [2.75, 3.05) is 19.8 Å². The zero-order valence-corrected chi connectivity index (χ0v) is 17.1. The van der Waals surface area contributed by atoms with Gasteiger partial charge in [-0.05, 0) is 30.9 Å². The van der Waals surface area contributed by atoms with E-state index in [4.69, 9.17) is 9.47 Å². The van der Waals surface area contributed by atoms with Gasteiger partial charge in [0, 0.05) is 28.7 Å². The number of aliphatic hydroxyl groups is 2. The van der Waals surface area contributed by atoms with Crippen LogP contribution in [-0.2, 0) is 21.3 Å². The number of aromatic nitrogens is 2. The van der Waals surface area contributed by atoms with Crippen molar-refractivity contribution in [3.8, 4) is 11.3 Å². The van der Waals surface area contributed by atoms with E-state index < -0.39 is 6.10 Å². The number of hydrogen-bond donors (Lipinski definition) is 3. The Morgan fingerprint density at radius 2 is 1.87 bits per heavy atom. The maximum atomic E-state index is 14.9. The van der Waals surface area contributed by atoms with Gasteiger partial charge in [0.15, 0.2) is 5.82 Å². The van der Waals surface area contributed by atoms with E-state index in [1.807, 2.05) is 30.3 Å². The maximum Gasteiger partial charge on any atom is 0.151 e. The zero-order chi connectivity index (χ0) is 21.2. The summed E-state index contributed by atoms with van der Waals surface area (Å²) >= 11 is 0. The normalized spacial score (nSPS) is 28.9. The molecule has 0 spiro atoms. The molecule has 4 atom stereocenters. The van der Waals surface area contributed by atoms with Crippen LogP contribution in [0.1, 0.15) is 24.1 Å². The van der Waals surface area contributed by atoms with Crippen LogP contribution < -0.4 is 0 Å². The fraction of sp³-hybridized carbons (Fsp3) is 0.458. The molecule has 1 aliphatic carbocycles. The molecule has 0 unspecified atom stereocenters. The number of aromatic amines is 1. The largest absolute Gasteiger partial charge is 0.395 e. The quantitative estimate of drug-likeness (QED) is 0.586.